The first kappa shape index (κ1) is 12.8. The Morgan fingerprint density at radius 3 is 2.78 bits per heavy atom. The molecule has 0 bridgehead atoms. The van der Waals surface area contributed by atoms with Gasteiger partial charge >= 0.3 is 0 Å². The van der Waals surface area contributed by atoms with Crippen LogP contribution in [0.3, 0.4) is 0 Å². The van der Waals surface area contributed by atoms with E-state index in [0.29, 0.717) is 5.75 Å². The highest BCUT2D eigenvalue weighted by atomic mass is 32.2. The zero-order chi connectivity index (χ0) is 13.2. The molecule has 1 aromatic heterocycles. The molecule has 0 atom stereocenters. The molecule has 0 amide bonds. The van der Waals surface area contributed by atoms with Gasteiger partial charge < -0.3 is 4.74 Å². The van der Waals surface area contributed by atoms with Crippen molar-refractivity contribution in [1.29, 1.82) is 0 Å². The van der Waals surface area contributed by atoms with Crippen molar-refractivity contribution in [3.05, 3.63) is 36.0 Å². The van der Waals surface area contributed by atoms with Crippen LogP contribution in [0.5, 0.6) is 5.75 Å². The van der Waals surface area contributed by atoms with E-state index in [4.69, 9.17) is 9.88 Å². The maximum Gasteiger partial charge on any atom is 0.212 e. The van der Waals surface area contributed by atoms with E-state index in [-0.39, 0.29) is 12.4 Å². The number of aromatic nitrogens is 1. The Hall–Kier alpha value is -1.66. The Morgan fingerprint density at radius 1 is 1.28 bits per heavy atom. The highest BCUT2D eigenvalue weighted by molar-refractivity contribution is 7.89. The molecule has 2 aromatic rings. The molecule has 0 radical (unpaired) electrons. The predicted molar refractivity (Wildman–Crippen MR) is 69.9 cm³/mol. The van der Waals surface area contributed by atoms with Gasteiger partial charge in [0.25, 0.3) is 0 Å². The first-order valence-electron chi connectivity index (χ1n) is 5.45. The topological polar surface area (TPSA) is 82.3 Å². The Balaban J connectivity index is 2.25. The Bertz CT molecular complexity index is 668. The fourth-order valence-electron chi connectivity index (χ4n) is 1.60. The number of fused-ring (bicyclic) bond motifs is 1. The standard InChI is InChI=1S/C12H14N2O3S/c1-9-5-6-10-3-2-4-11(12(10)14-9)17-7-8-18(13,15)16/h2-6H,7-8H2,1H3,(H2,13,15,16). The minimum atomic E-state index is -3.50. The van der Waals surface area contributed by atoms with Crippen LogP contribution in [0.25, 0.3) is 10.9 Å². The third-order valence-electron chi connectivity index (χ3n) is 2.45. The van der Waals surface area contributed by atoms with Crippen molar-refractivity contribution in [2.24, 2.45) is 5.14 Å². The van der Waals surface area contributed by atoms with Gasteiger partial charge in [0.15, 0.2) is 0 Å². The molecule has 18 heavy (non-hydrogen) atoms. The number of pyridine rings is 1. The summed E-state index contributed by atoms with van der Waals surface area (Å²) in [7, 11) is -3.50. The number of nitrogens with zero attached hydrogens (tertiary/aromatic N) is 1. The van der Waals surface area contributed by atoms with Crippen LogP contribution in [0.15, 0.2) is 30.3 Å². The lowest BCUT2D eigenvalue weighted by molar-refractivity contribution is 0.344. The number of rotatable bonds is 4. The summed E-state index contributed by atoms with van der Waals surface area (Å²) in [5.74, 6) is 0.356. The Kier molecular flexibility index (Phi) is 3.49. The van der Waals surface area contributed by atoms with Gasteiger partial charge in [-0.05, 0) is 19.1 Å². The van der Waals surface area contributed by atoms with E-state index in [1.54, 1.807) is 6.07 Å². The summed E-state index contributed by atoms with van der Waals surface area (Å²) in [5.41, 5.74) is 1.61. The van der Waals surface area contributed by atoms with E-state index >= 15 is 0 Å². The van der Waals surface area contributed by atoms with Crippen LogP contribution in [0, 0.1) is 6.92 Å². The molecule has 96 valence electrons. The van der Waals surface area contributed by atoms with Crippen LogP contribution in [0.2, 0.25) is 0 Å². The van der Waals surface area contributed by atoms with Crippen molar-refractivity contribution in [3.8, 4) is 5.75 Å². The van der Waals surface area contributed by atoms with Gasteiger partial charge in [-0.3, -0.25) is 0 Å². The summed E-state index contributed by atoms with van der Waals surface area (Å²) in [5, 5.41) is 5.87. The Labute approximate surface area is 106 Å². The van der Waals surface area contributed by atoms with Crippen molar-refractivity contribution in [2.75, 3.05) is 12.4 Å². The molecule has 1 heterocycles. The molecule has 0 unspecified atom stereocenters. The second-order valence-corrected chi connectivity index (χ2v) is 5.73. The lowest BCUT2D eigenvalue weighted by Crippen LogP contribution is -2.21. The zero-order valence-corrected chi connectivity index (χ0v) is 10.8. The van der Waals surface area contributed by atoms with E-state index in [1.807, 2.05) is 31.2 Å². The van der Waals surface area contributed by atoms with Crippen LogP contribution in [0.4, 0.5) is 0 Å². The van der Waals surface area contributed by atoms with Gasteiger partial charge in [-0.2, -0.15) is 0 Å². The van der Waals surface area contributed by atoms with Gasteiger partial charge in [0.1, 0.15) is 17.9 Å². The largest absolute Gasteiger partial charge is 0.490 e. The molecular formula is C12H14N2O3S. The number of nitrogens with two attached hydrogens (primary N) is 1. The number of primary sulfonamides is 1. The normalized spacial score (nSPS) is 11.7. The highest BCUT2D eigenvalue weighted by Gasteiger charge is 2.06. The van der Waals surface area contributed by atoms with E-state index < -0.39 is 10.0 Å². The molecule has 2 rings (SSSR count). The molecule has 0 aliphatic carbocycles. The summed E-state index contributed by atoms with van der Waals surface area (Å²) in [4.78, 5) is 4.38. The minimum absolute atomic E-state index is 0.0214. The number of hydrogen-bond donors (Lipinski definition) is 1. The van der Waals surface area contributed by atoms with Crippen molar-refractivity contribution in [2.45, 2.75) is 6.92 Å². The van der Waals surface area contributed by atoms with Crippen LogP contribution in [-0.4, -0.2) is 25.8 Å². The highest BCUT2D eigenvalue weighted by Crippen LogP contribution is 2.23. The fourth-order valence-corrected chi connectivity index (χ4v) is 1.92. The summed E-state index contributed by atoms with van der Waals surface area (Å²) in [6.07, 6.45) is 0. The SMILES string of the molecule is Cc1ccc2cccc(OCCS(N)(=O)=O)c2n1. The van der Waals surface area contributed by atoms with Crippen molar-refractivity contribution in [1.82, 2.24) is 4.98 Å². The van der Waals surface area contributed by atoms with E-state index in [9.17, 15) is 8.42 Å². The summed E-state index contributed by atoms with van der Waals surface area (Å²) >= 11 is 0. The predicted octanol–water partition coefficient (Wildman–Crippen LogP) is 1.21. The fraction of sp³-hybridized carbons (Fsp3) is 0.250. The molecule has 5 nitrogen and oxygen atoms in total. The number of aryl methyl sites for hydroxylation is 1. The van der Waals surface area contributed by atoms with Crippen molar-refractivity contribution in [3.63, 3.8) is 0 Å². The van der Waals surface area contributed by atoms with Gasteiger partial charge in [0.05, 0.1) is 5.75 Å². The molecule has 0 saturated carbocycles. The summed E-state index contributed by atoms with van der Waals surface area (Å²) in [6.45, 7) is 1.91. The van der Waals surface area contributed by atoms with Crippen LogP contribution in [-0.2, 0) is 10.0 Å². The number of ether oxygens (including phenoxy) is 1. The van der Waals surface area contributed by atoms with E-state index in [2.05, 4.69) is 4.98 Å². The zero-order valence-electron chi connectivity index (χ0n) is 9.96. The molecule has 0 aliphatic rings. The first-order chi connectivity index (χ1) is 8.46. The van der Waals surface area contributed by atoms with Gasteiger partial charge in [-0.1, -0.05) is 18.2 Å². The van der Waals surface area contributed by atoms with Gasteiger partial charge in [0.2, 0.25) is 10.0 Å². The van der Waals surface area contributed by atoms with Crippen LogP contribution >= 0.6 is 0 Å². The van der Waals surface area contributed by atoms with Gasteiger partial charge in [-0.15, -0.1) is 0 Å². The second-order valence-electron chi connectivity index (χ2n) is 4.00. The van der Waals surface area contributed by atoms with Gasteiger partial charge in [0, 0.05) is 11.1 Å². The van der Waals surface area contributed by atoms with Crippen molar-refractivity contribution < 1.29 is 13.2 Å². The van der Waals surface area contributed by atoms with Crippen LogP contribution in [0.1, 0.15) is 5.69 Å². The average Bonchev–Trinajstić information content (AvgIpc) is 2.28. The Morgan fingerprint density at radius 2 is 2.06 bits per heavy atom. The molecule has 2 N–H and O–H groups in total. The molecule has 1 aromatic carbocycles. The second kappa shape index (κ2) is 4.91. The molecular weight excluding hydrogens is 252 g/mol. The van der Waals surface area contributed by atoms with E-state index in [0.717, 1.165) is 16.6 Å². The molecule has 0 aliphatic heterocycles. The number of hydrogen-bond acceptors (Lipinski definition) is 4. The summed E-state index contributed by atoms with van der Waals surface area (Å²) < 4.78 is 27.1. The summed E-state index contributed by atoms with van der Waals surface area (Å²) in [6, 6.07) is 9.39. The third-order valence-corrected chi connectivity index (χ3v) is 3.18. The molecule has 6 heteroatoms. The lowest BCUT2D eigenvalue weighted by atomic mass is 10.2. The minimum Gasteiger partial charge on any atom is -0.490 e. The van der Waals surface area contributed by atoms with Gasteiger partial charge in [-0.25, -0.2) is 18.5 Å². The smallest absolute Gasteiger partial charge is 0.212 e. The lowest BCUT2D eigenvalue weighted by Gasteiger charge is -2.08. The molecule has 0 fully saturated rings. The maximum atomic E-state index is 10.8. The quantitative estimate of drug-likeness (QED) is 0.901. The monoisotopic (exact) mass is 266 g/mol. The van der Waals surface area contributed by atoms with E-state index in [1.165, 1.54) is 0 Å². The molecule has 0 saturated heterocycles. The first-order valence-corrected chi connectivity index (χ1v) is 7.17. The number of para-hydroxylation sites is 1. The van der Waals surface area contributed by atoms with Crippen LogP contribution < -0.4 is 9.88 Å². The third kappa shape index (κ3) is 3.18. The maximum absolute atomic E-state index is 10.8. The number of sulfonamides is 1. The molecule has 0 spiro atoms. The average molecular weight is 266 g/mol. The van der Waals surface area contributed by atoms with Crippen molar-refractivity contribution >= 4 is 20.9 Å². The number of benzene rings is 1.